The fourth-order valence-corrected chi connectivity index (χ4v) is 2.01. The third kappa shape index (κ3) is 1.70. The van der Waals surface area contributed by atoms with Crippen LogP contribution in [-0.4, -0.2) is 41.4 Å². The quantitative estimate of drug-likeness (QED) is 0.625. The van der Waals surface area contributed by atoms with E-state index < -0.39 is 18.0 Å². The van der Waals surface area contributed by atoms with Crippen molar-refractivity contribution in [3.05, 3.63) is 12.2 Å². The largest absolute Gasteiger partial charge is 0.394 e. The summed E-state index contributed by atoms with van der Waals surface area (Å²) in [5.41, 5.74) is 0. The van der Waals surface area contributed by atoms with E-state index in [2.05, 4.69) is 0 Å². The molecule has 1 fully saturated rings. The topological polar surface area (TPSA) is 58.9 Å². The van der Waals surface area contributed by atoms with Crippen LogP contribution in [0.3, 0.4) is 0 Å². The predicted octanol–water partition coefficient (Wildman–Crippen LogP) is 0.191. The zero-order valence-electron chi connectivity index (χ0n) is 8.06. The van der Waals surface area contributed by atoms with Gasteiger partial charge in [-0.1, -0.05) is 6.08 Å². The van der Waals surface area contributed by atoms with E-state index in [0.29, 0.717) is 0 Å². The third-order valence-corrected chi connectivity index (χ3v) is 2.74. The van der Waals surface area contributed by atoms with Crippen molar-refractivity contribution in [3.63, 3.8) is 0 Å². The normalized spacial score (nSPS) is 35.3. The summed E-state index contributed by atoms with van der Waals surface area (Å²) in [6.07, 6.45) is 5.99. The third-order valence-electron chi connectivity index (χ3n) is 2.74. The number of allylic oxidation sites excluding steroid dienone is 1. The summed E-state index contributed by atoms with van der Waals surface area (Å²) in [6, 6.07) is 0. The van der Waals surface area contributed by atoms with Crippen LogP contribution in [0.1, 0.15) is 19.3 Å². The molecule has 4 nitrogen and oxygen atoms in total. The lowest BCUT2D eigenvalue weighted by Gasteiger charge is -2.27. The van der Waals surface area contributed by atoms with Crippen molar-refractivity contribution in [1.29, 1.82) is 0 Å². The van der Waals surface area contributed by atoms with Gasteiger partial charge < -0.3 is 19.7 Å². The SMILES string of the molecule is OC[C@@H]1OC2(C=CCCC2)O[C@H]1CO. The molecule has 1 aliphatic heterocycles. The molecule has 1 aliphatic carbocycles. The Labute approximate surface area is 83.1 Å². The molecule has 4 heteroatoms. The number of hydrogen-bond donors (Lipinski definition) is 2. The van der Waals surface area contributed by atoms with Crippen molar-refractivity contribution in [2.24, 2.45) is 0 Å². The second-order valence-corrected chi connectivity index (χ2v) is 3.78. The van der Waals surface area contributed by atoms with Gasteiger partial charge in [0.1, 0.15) is 12.2 Å². The van der Waals surface area contributed by atoms with Crippen molar-refractivity contribution >= 4 is 0 Å². The molecular weight excluding hydrogens is 184 g/mol. The summed E-state index contributed by atoms with van der Waals surface area (Å²) < 4.78 is 11.2. The van der Waals surface area contributed by atoms with E-state index in [0.717, 1.165) is 19.3 Å². The van der Waals surface area contributed by atoms with Gasteiger partial charge in [0.15, 0.2) is 5.79 Å². The lowest BCUT2D eigenvalue weighted by Crippen LogP contribution is -2.30. The second-order valence-electron chi connectivity index (χ2n) is 3.78. The van der Waals surface area contributed by atoms with Crippen molar-refractivity contribution in [3.8, 4) is 0 Å². The van der Waals surface area contributed by atoms with Crippen LogP contribution in [0.4, 0.5) is 0 Å². The molecule has 2 atom stereocenters. The Balaban J connectivity index is 2.09. The molecule has 1 heterocycles. The van der Waals surface area contributed by atoms with Crippen molar-refractivity contribution < 1.29 is 19.7 Å². The van der Waals surface area contributed by atoms with Crippen LogP contribution in [0, 0.1) is 0 Å². The van der Waals surface area contributed by atoms with E-state index in [9.17, 15) is 0 Å². The first-order valence-electron chi connectivity index (χ1n) is 5.05. The molecule has 0 unspecified atom stereocenters. The number of aliphatic hydroxyl groups excluding tert-OH is 2. The van der Waals surface area contributed by atoms with Crippen molar-refractivity contribution in [2.75, 3.05) is 13.2 Å². The van der Waals surface area contributed by atoms with Crippen LogP contribution < -0.4 is 0 Å². The van der Waals surface area contributed by atoms with Crippen LogP contribution in [0.5, 0.6) is 0 Å². The Morgan fingerprint density at radius 2 is 1.86 bits per heavy atom. The second kappa shape index (κ2) is 3.98. The molecule has 2 rings (SSSR count). The van der Waals surface area contributed by atoms with Gasteiger partial charge in [0.05, 0.1) is 13.2 Å². The summed E-state index contributed by atoms with van der Waals surface area (Å²) >= 11 is 0. The number of hydrogen-bond acceptors (Lipinski definition) is 4. The van der Waals surface area contributed by atoms with Gasteiger partial charge in [0, 0.05) is 6.42 Å². The van der Waals surface area contributed by atoms with E-state index in [1.54, 1.807) is 0 Å². The number of aliphatic hydroxyl groups is 2. The Hall–Kier alpha value is -0.420. The molecular formula is C10H16O4. The van der Waals surface area contributed by atoms with Crippen LogP contribution in [0.2, 0.25) is 0 Å². The summed E-state index contributed by atoms with van der Waals surface area (Å²) in [4.78, 5) is 0. The lowest BCUT2D eigenvalue weighted by atomic mass is 10.0. The van der Waals surface area contributed by atoms with Gasteiger partial charge in [-0.15, -0.1) is 0 Å². The molecule has 0 aromatic heterocycles. The predicted molar refractivity (Wildman–Crippen MR) is 49.6 cm³/mol. The maximum Gasteiger partial charge on any atom is 0.188 e. The fraction of sp³-hybridized carbons (Fsp3) is 0.800. The first-order chi connectivity index (χ1) is 6.79. The summed E-state index contributed by atoms with van der Waals surface area (Å²) in [7, 11) is 0. The van der Waals surface area contributed by atoms with Gasteiger partial charge in [-0.25, -0.2) is 0 Å². The maximum absolute atomic E-state index is 9.04. The van der Waals surface area contributed by atoms with Crippen LogP contribution >= 0.6 is 0 Å². The molecule has 0 bridgehead atoms. The molecule has 0 saturated carbocycles. The van der Waals surface area contributed by atoms with Gasteiger partial charge in [-0.3, -0.25) is 0 Å². The van der Waals surface area contributed by atoms with E-state index in [-0.39, 0.29) is 13.2 Å². The van der Waals surface area contributed by atoms with E-state index >= 15 is 0 Å². The van der Waals surface area contributed by atoms with E-state index in [1.807, 2.05) is 12.2 Å². The zero-order valence-corrected chi connectivity index (χ0v) is 8.06. The van der Waals surface area contributed by atoms with Gasteiger partial charge in [0.25, 0.3) is 0 Å². The van der Waals surface area contributed by atoms with Crippen molar-refractivity contribution in [1.82, 2.24) is 0 Å². The van der Waals surface area contributed by atoms with Gasteiger partial charge >= 0.3 is 0 Å². The highest BCUT2D eigenvalue weighted by atomic mass is 16.8. The number of ether oxygens (including phenoxy) is 2. The van der Waals surface area contributed by atoms with Crippen LogP contribution in [0.25, 0.3) is 0 Å². The van der Waals surface area contributed by atoms with Crippen LogP contribution in [-0.2, 0) is 9.47 Å². The zero-order chi connectivity index (χ0) is 10.0. The molecule has 2 aliphatic rings. The smallest absolute Gasteiger partial charge is 0.188 e. The van der Waals surface area contributed by atoms with E-state index in [1.165, 1.54) is 0 Å². The Morgan fingerprint density at radius 3 is 2.29 bits per heavy atom. The average molecular weight is 200 g/mol. The number of rotatable bonds is 2. The summed E-state index contributed by atoms with van der Waals surface area (Å²) in [5.74, 6) is -0.682. The minimum atomic E-state index is -0.682. The molecule has 1 spiro atoms. The monoisotopic (exact) mass is 200 g/mol. The minimum absolute atomic E-state index is 0.110. The van der Waals surface area contributed by atoms with Crippen molar-refractivity contribution in [2.45, 2.75) is 37.3 Å². The summed E-state index contributed by atoms with van der Waals surface area (Å²) in [6.45, 7) is -0.221. The molecule has 1 saturated heterocycles. The first-order valence-corrected chi connectivity index (χ1v) is 5.05. The highest BCUT2D eigenvalue weighted by Crippen LogP contribution is 2.36. The molecule has 14 heavy (non-hydrogen) atoms. The molecule has 0 amide bonds. The molecule has 0 radical (unpaired) electrons. The molecule has 2 N–H and O–H groups in total. The first kappa shape index (κ1) is 10.1. The summed E-state index contributed by atoms with van der Waals surface area (Å²) in [5, 5.41) is 18.1. The van der Waals surface area contributed by atoms with Gasteiger partial charge in [0.2, 0.25) is 0 Å². The van der Waals surface area contributed by atoms with E-state index in [4.69, 9.17) is 19.7 Å². The highest BCUT2D eigenvalue weighted by molar-refractivity contribution is 5.04. The Kier molecular flexibility index (Phi) is 2.88. The van der Waals surface area contributed by atoms with Gasteiger partial charge in [-0.2, -0.15) is 0 Å². The van der Waals surface area contributed by atoms with Crippen LogP contribution in [0.15, 0.2) is 12.2 Å². The Bertz CT molecular complexity index is 214. The highest BCUT2D eigenvalue weighted by Gasteiger charge is 2.45. The Morgan fingerprint density at radius 1 is 1.21 bits per heavy atom. The van der Waals surface area contributed by atoms with Gasteiger partial charge in [-0.05, 0) is 18.9 Å². The fourth-order valence-electron chi connectivity index (χ4n) is 2.01. The molecule has 80 valence electrons. The lowest BCUT2D eigenvalue weighted by molar-refractivity contribution is -0.150. The standard InChI is InChI=1S/C10H16O4/c11-6-8-9(7-12)14-10(13-8)4-2-1-3-5-10/h2,4,8-9,11-12H,1,3,5-7H2/t8-,9-/m0/s1. The molecule has 0 aromatic rings. The molecule has 0 aromatic carbocycles. The minimum Gasteiger partial charge on any atom is -0.394 e. The maximum atomic E-state index is 9.04. The average Bonchev–Trinajstić information content (AvgIpc) is 2.57.